The van der Waals surface area contributed by atoms with Crippen molar-refractivity contribution >= 4 is 11.7 Å². The average molecular weight is 375 g/mol. The second-order valence-electron chi connectivity index (χ2n) is 6.80. The molecule has 0 saturated carbocycles. The van der Waals surface area contributed by atoms with E-state index in [2.05, 4.69) is 9.97 Å². The minimum absolute atomic E-state index is 0.0142. The van der Waals surface area contributed by atoms with Gasteiger partial charge in [0.2, 0.25) is 5.95 Å². The second-order valence-corrected chi connectivity index (χ2v) is 6.80. The zero-order chi connectivity index (χ0) is 19.7. The van der Waals surface area contributed by atoms with E-state index in [4.69, 9.17) is 15.2 Å². The number of nitrogens with two attached hydrogens (primary N) is 1. The lowest BCUT2D eigenvalue weighted by molar-refractivity contribution is 0.0961. The number of nitrogen functional groups attached to an aromatic ring is 1. The molecule has 1 aliphatic rings. The van der Waals surface area contributed by atoms with E-state index in [0.717, 1.165) is 11.3 Å². The maximum Gasteiger partial charge on any atom is 0.220 e. The highest BCUT2D eigenvalue weighted by molar-refractivity contribution is 6.00. The van der Waals surface area contributed by atoms with Crippen molar-refractivity contribution in [3.05, 3.63) is 71.0 Å². The van der Waals surface area contributed by atoms with E-state index in [-0.39, 0.29) is 17.6 Å². The van der Waals surface area contributed by atoms with Crippen LogP contribution in [0.5, 0.6) is 17.2 Å². The molecule has 2 aromatic carbocycles. The quantitative estimate of drug-likeness (QED) is 0.739. The molecule has 6 heteroatoms. The summed E-state index contributed by atoms with van der Waals surface area (Å²) in [7, 11) is 1.62. The van der Waals surface area contributed by atoms with Gasteiger partial charge in [0.1, 0.15) is 17.2 Å². The third kappa shape index (κ3) is 3.29. The van der Waals surface area contributed by atoms with Gasteiger partial charge in [0, 0.05) is 17.9 Å². The highest BCUT2D eigenvalue weighted by Gasteiger charge is 2.33. The average Bonchev–Trinajstić information content (AvgIpc) is 2.67. The summed E-state index contributed by atoms with van der Waals surface area (Å²) in [6.07, 6.45) is 0.910. The number of fused-ring (bicyclic) bond motifs is 1. The van der Waals surface area contributed by atoms with Gasteiger partial charge >= 0.3 is 0 Å². The molecule has 6 nitrogen and oxygen atoms in total. The number of rotatable bonds is 4. The molecule has 28 heavy (non-hydrogen) atoms. The first-order valence-corrected chi connectivity index (χ1v) is 9.12. The zero-order valence-corrected chi connectivity index (χ0v) is 15.8. The molecule has 0 saturated heterocycles. The van der Waals surface area contributed by atoms with Crippen molar-refractivity contribution in [1.29, 1.82) is 0 Å². The van der Waals surface area contributed by atoms with Gasteiger partial charge in [-0.2, -0.15) is 0 Å². The Morgan fingerprint density at radius 1 is 1.00 bits per heavy atom. The predicted molar refractivity (Wildman–Crippen MR) is 106 cm³/mol. The highest BCUT2D eigenvalue weighted by Crippen LogP contribution is 2.43. The summed E-state index contributed by atoms with van der Waals surface area (Å²) in [6, 6.07) is 15.2. The number of hydrogen-bond acceptors (Lipinski definition) is 6. The number of ether oxygens (including phenoxy) is 2. The molecule has 0 spiro atoms. The number of Topliss-reactive ketones (excluding diaryl/α,β-unsaturated/α-hetero) is 1. The number of anilines is 1. The Kier molecular flexibility index (Phi) is 4.69. The van der Waals surface area contributed by atoms with Crippen molar-refractivity contribution in [3.63, 3.8) is 0 Å². The monoisotopic (exact) mass is 375 g/mol. The summed E-state index contributed by atoms with van der Waals surface area (Å²) < 4.78 is 11.7. The molecule has 3 aromatic rings. The Balaban J connectivity index is 1.77. The summed E-state index contributed by atoms with van der Waals surface area (Å²) >= 11 is 0. The number of carbonyl (C=O) groups excluding carboxylic acids is 1. The minimum Gasteiger partial charge on any atom is -0.496 e. The van der Waals surface area contributed by atoms with Crippen LogP contribution in [-0.4, -0.2) is 22.9 Å². The first-order valence-electron chi connectivity index (χ1n) is 9.12. The van der Waals surface area contributed by atoms with Crippen molar-refractivity contribution in [3.8, 4) is 17.2 Å². The van der Waals surface area contributed by atoms with Gasteiger partial charge in [-0.15, -0.1) is 0 Å². The van der Waals surface area contributed by atoms with E-state index in [1.807, 2.05) is 48.5 Å². The summed E-state index contributed by atoms with van der Waals surface area (Å²) in [5.41, 5.74) is 8.58. The summed E-state index contributed by atoms with van der Waals surface area (Å²) in [5, 5.41) is 0. The van der Waals surface area contributed by atoms with Crippen molar-refractivity contribution in [1.82, 2.24) is 9.97 Å². The molecular weight excluding hydrogens is 354 g/mol. The van der Waals surface area contributed by atoms with Crippen LogP contribution in [0.4, 0.5) is 5.95 Å². The van der Waals surface area contributed by atoms with Crippen molar-refractivity contribution in [2.24, 2.45) is 0 Å². The number of nitrogens with zero attached hydrogens (tertiary/aromatic N) is 2. The van der Waals surface area contributed by atoms with Crippen LogP contribution in [0.1, 0.15) is 39.6 Å². The molecule has 0 amide bonds. The number of aromatic nitrogens is 2. The predicted octanol–water partition coefficient (Wildman–Crippen LogP) is 4.08. The van der Waals surface area contributed by atoms with E-state index in [9.17, 15) is 4.79 Å². The topological polar surface area (TPSA) is 87.3 Å². The van der Waals surface area contributed by atoms with Gasteiger partial charge in [-0.3, -0.25) is 4.79 Å². The SMILES string of the molecule is COc1cccc(Oc2ccccc2)c1C1CC(=O)c2c(C)nc(N)nc2C1. The lowest BCUT2D eigenvalue weighted by atomic mass is 9.80. The van der Waals surface area contributed by atoms with Crippen LogP contribution in [0.3, 0.4) is 0 Å². The van der Waals surface area contributed by atoms with E-state index in [1.54, 1.807) is 14.0 Å². The normalized spacial score (nSPS) is 15.8. The number of para-hydroxylation sites is 1. The molecule has 2 N–H and O–H groups in total. The first-order chi connectivity index (χ1) is 13.6. The molecule has 1 aromatic heterocycles. The molecular formula is C22H21N3O3. The van der Waals surface area contributed by atoms with Crippen LogP contribution in [0, 0.1) is 6.92 Å². The fourth-order valence-corrected chi connectivity index (χ4v) is 3.81. The van der Waals surface area contributed by atoms with Crippen molar-refractivity contribution in [2.45, 2.75) is 25.7 Å². The first kappa shape index (κ1) is 18.0. The van der Waals surface area contributed by atoms with E-state index in [0.29, 0.717) is 41.3 Å². The van der Waals surface area contributed by atoms with Crippen molar-refractivity contribution in [2.75, 3.05) is 12.8 Å². The standard InChI is InChI=1S/C22H21N3O3/c1-13-20-16(25-22(23)24-13)11-14(12-17(20)26)21-18(27-2)9-6-10-19(21)28-15-7-4-3-5-8-15/h3-10,14H,11-12H2,1-2H3,(H2,23,24,25). The Hall–Kier alpha value is -3.41. The zero-order valence-electron chi connectivity index (χ0n) is 15.8. The minimum atomic E-state index is -0.122. The highest BCUT2D eigenvalue weighted by atomic mass is 16.5. The number of ketones is 1. The second kappa shape index (κ2) is 7.31. The largest absolute Gasteiger partial charge is 0.496 e. The molecule has 4 rings (SSSR count). The van der Waals surface area contributed by atoms with Crippen LogP contribution in [-0.2, 0) is 6.42 Å². The molecule has 0 bridgehead atoms. The van der Waals surface area contributed by atoms with Crippen molar-refractivity contribution < 1.29 is 14.3 Å². The molecule has 1 atom stereocenters. The molecule has 0 aliphatic heterocycles. The van der Waals surface area contributed by atoms with Gasteiger partial charge in [0.05, 0.1) is 24.1 Å². The third-order valence-electron chi connectivity index (χ3n) is 4.96. The van der Waals surface area contributed by atoms with Gasteiger partial charge in [-0.25, -0.2) is 9.97 Å². The van der Waals surface area contributed by atoms with Gasteiger partial charge in [-0.1, -0.05) is 24.3 Å². The number of benzene rings is 2. The Morgan fingerprint density at radius 3 is 2.50 bits per heavy atom. The molecule has 142 valence electrons. The summed E-state index contributed by atoms with van der Waals surface area (Å²) in [4.78, 5) is 21.3. The smallest absolute Gasteiger partial charge is 0.220 e. The lowest BCUT2D eigenvalue weighted by Crippen LogP contribution is -2.23. The molecule has 0 radical (unpaired) electrons. The van der Waals surface area contributed by atoms with Gasteiger partial charge in [-0.05, 0) is 37.6 Å². The summed E-state index contributed by atoms with van der Waals surface area (Å²) in [6.45, 7) is 1.79. The number of aryl methyl sites for hydroxylation is 1. The number of hydrogen-bond donors (Lipinski definition) is 1. The molecule has 1 heterocycles. The number of carbonyl (C=O) groups is 1. The summed E-state index contributed by atoms with van der Waals surface area (Å²) in [5.74, 6) is 2.16. The Labute approximate surface area is 163 Å². The van der Waals surface area contributed by atoms with E-state index < -0.39 is 0 Å². The van der Waals surface area contributed by atoms with Crippen LogP contribution in [0.15, 0.2) is 48.5 Å². The molecule has 1 aliphatic carbocycles. The fourth-order valence-electron chi connectivity index (χ4n) is 3.81. The van der Waals surface area contributed by atoms with Gasteiger partial charge in [0.15, 0.2) is 5.78 Å². The van der Waals surface area contributed by atoms with E-state index in [1.165, 1.54) is 0 Å². The molecule has 0 fully saturated rings. The van der Waals surface area contributed by atoms with Gasteiger partial charge in [0.25, 0.3) is 0 Å². The van der Waals surface area contributed by atoms with Crippen LogP contribution >= 0.6 is 0 Å². The number of methoxy groups -OCH3 is 1. The lowest BCUT2D eigenvalue weighted by Gasteiger charge is -2.27. The van der Waals surface area contributed by atoms with Crippen LogP contribution < -0.4 is 15.2 Å². The van der Waals surface area contributed by atoms with Crippen LogP contribution in [0.2, 0.25) is 0 Å². The fraction of sp³-hybridized carbons (Fsp3) is 0.227. The Bertz CT molecular complexity index is 1030. The Morgan fingerprint density at radius 2 is 1.75 bits per heavy atom. The molecule has 1 unspecified atom stereocenters. The van der Waals surface area contributed by atoms with Gasteiger partial charge < -0.3 is 15.2 Å². The van der Waals surface area contributed by atoms with Crippen LogP contribution in [0.25, 0.3) is 0 Å². The van der Waals surface area contributed by atoms with E-state index >= 15 is 0 Å². The maximum absolute atomic E-state index is 12.9. The third-order valence-corrected chi connectivity index (χ3v) is 4.96. The maximum atomic E-state index is 12.9.